The third-order valence-electron chi connectivity index (χ3n) is 10.9. The zero-order chi connectivity index (χ0) is 47.6. The van der Waals surface area contributed by atoms with Gasteiger partial charge in [-0.25, -0.2) is 18.4 Å². The van der Waals surface area contributed by atoms with Crippen LogP contribution in [0.25, 0.3) is 10.9 Å². The number of unbranched alkanes of at least 4 members (excludes halogenated alkanes) is 1. The quantitative estimate of drug-likeness (QED) is 0.0806. The van der Waals surface area contributed by atoms with Crippen LogP contribution >= 0.6 is 0 Å². The van der Waals surface area contributed by atoms with E-state index in [2.05, 4.69) is 27.0 Å². The highest BCUT2D eigenvalue weighted by Crippen LogP contribution is 2.40. The maximum Gasteiger partial charge on any atom is 0.343 e. The fourth-order valence-electron chi connectivity index (χ4n) is 7.56. The predicted molar refractivity (Wildman–Crippen MR) is 242 cm³/mol. The molecule has 2 saturated heterocycles. The Bertz CT molecular complexity index is 2650. The number of nitrogens with zero attached hydrogens (tertiary/aromatic N) is 5. The van der Waals surface area contributed by atoms with Gasteiger partial charge in [0.2, 0.25) is 5.43 Å². The van der Waals surface area contributed by atoms with Crippen LogP contribution in [0.4, 0.5) is 26.0 Å². The predicted octanol–water partition coefficient (Wildman–Crippen LogP) is 3.18. The van der Waals surface area contributed by atoms with E-state index < -0.39 is 49.0 Å². The molecule has 0 bridgehead atoms. The van der Waals surface area contributed by atoms with Gasteiger partial charge in [-0.3, -0.25) is 38.0 Å². The molecule has 0 unspecified atom stereocenters. The molecule has 4 heterocycles. The third-order valence-corrected chi connectivity index (χ3v) is 10.9. The average molecular weight is 954 g/mol. The van der Waals surface area contributed by atoms with Gasteiger partial charge >= 0.3 is 11.7 Å². The number of benzene rings is 2. The number of H-pyrrole nitrogens is 1. The van der Waals surface area contributed by atoms with Gasteiger partial charge in [-0.1, -0.05) is 13.0 Å². The highest BCUT2D eigenvalue weighted by Gasteiger charge is 2.32. The van der Waals surface area contributed by atoms with Crippen LogP contribution in [0.2, 0.25) is 0 Å². The number of nitrogens with one attached hydrogen (secondary N) is 2. The van der Waals surface area contributed by atoms with Crippen LogP contribution in [0.5, 0.6) is 0 Å². The van der Waals surface area contributed by atoms with E-state index in [0.29, 0.717) is 77.2 Å². The molecule has 4 aromatic rings. The Morgan fingerprint density at radius 2 is 1.51 bits per heavy atom. The molecule has 7 rings (SSSR count). The Kier molecular flexibility index (Phi) is 17.6. The van der Waals surface area contributed by atoms with E-state index in [0.717, 1.165) is 50.5 Å². The van der Waals surface area contributed by atoms with Gasteiger partial charge in [0.25, 0.3) is 25.8 Å². The van der Waals surface area contributed by atoms with Gasteiger partial charge in [0, 0.05) is 76.4 Å². The lowest BCUT2D eigenvalue weighted by Gasteiger charge is -2.36. The van der Waals surface area contributed by atoms with E-state index in [9.17, 15) is 36.0 Å². The van der Waals surface area contributed by atoms with E-state index in [-0.39, 0.29) is 46.9 Å². The van der Waals surface area contributed by atoms with Crippen molar-refractivity contribution in [2.45, 2.75) is 58.5 Å². The van der Waals surface area contributed by atoms with Crippen molar-refractivity contribution in [2.24, 2.45) is 0 Å². The zero-order valence-electron chi connectivity index (χ0n) is 36.8. The minimum Gasteiger partial charge on any atom is -0.461 e. The Hall–Kier alpha value is -5.04. The number of aryl methyl sites for hydroxylation is 2. The number of fused-ring (bicyclic) bond motifs is 1. The van der Waals surface area contributed by atoms with Gasteiger partial charge in [0.05, 0.1) is 36.6 Å². The molecule has 3 fully saturated rings. The van der Waals surface area contributed by atoms with Gasteiger partial charge in [0.1, 0.15) is 29.5 Å². The molecule has 4 N–H and O–H groups in total. The first-order chi connectivity index (χ1) is 30.6. The number of hydrogen-bond acceptors (Lipinski definition) is 14. The standard InChI is InChI=1S/C40H49F2N7O6.2CH4O3S/c1-3-27-22-28(7-6-26(27)2)43-33-24-34(50)48(40(53)44-33)11-5-4-10-45-12-14-47(15-13-45)37-32(41)23-30-36(35(37)42)49(29-8-9-29)25-31(38(30)51)39(52)55-21-18-46-16-19-54-20-17-46;2*1-5(2,3)4/h6-7,22-25,29,43H,3-5,8-21H2,1-2H3,(H,44,53);2*1H3,(H,2,3,4). The summed E-state index contributed by atoms with van der Waals surface area (Å²) in [6, 6.07) is 8.27. The molecule has 2 aromatic heterocycles. The zero-order valence-corrected chi connectivity index (χ0v) is 38.5. The second-order valence-electron chi connectivity index (χ2n) is 16.1. The van der Waals surface area contributed by atoms with Crippen molar-refractivity contribution in [3.05, 3.63) is 95.9 Å². The SMILES string of the molecule is CCc1cc(Nc2cc(=O)n(CCCCN3CCN(c4c(F)cc5c(=O)c(C(=O)OCCN6CCOCC6)cn(C6CC6)c5c4F)CC3)c(=O)[nH]2)ccc1C.CS(=O)(=O)O.CS(=O)(=O)O. The summed E-state index contributed by atoms with van der Waals surface area (Å²) >= 11 is 0. The van der Waals surface area contributed by atoms with Crippen molar-refractivity contribution in [1.29, 1.82) is 0 Å². The van der Waals surface area contributed by atoms with Gasteiger partial charge < -0.3 is 24.3 Å². The summed E-state index contributed by atoms with van der Waals surface area (Å²) in [4.78, 5) is 60.9. The first-order valence-corrected chi connectivity index (χ1v) is 24.9. The number of aromatic amines is 1. The Morgan fingerprint density at radius 1 is 0.892 bits per heavy atom. The van der Waals surface area contributed by atoms with Crippen LogP contribution in [-0.2, 0) is 42.7 Å². The first kappa shape index (κ1) is 51.0. The maximum atomic E-state index is 16.4. The lowest BCUT2D eigenvalue weighted by molar-refractivity contribution is 0.0194. The van der Waals surface area contributed by atoms with Crippen LogP contribution < -0.4 is 26.9 Å². The second kappa shape index (κ2) is 22.4. The first-order valence-electron chi connectivity index (χ1n) is 21.2. The molecule has 23 heteroatoms. The molecule has 0 spiro atoms. The summed E-state index contributed by atoms with van der Waals surface area (Å²) in [5, 5.41) is 2.95. The van der Waals surface area contributed by atoms with Crippen molar-refractivity contribution >= 4 is 54.3 Å². The molecule has 0 amide bonds. The molecule has 65 heavy (non-hydrogen) atoms. The van der Waals surface area contributed by atoms with Crippen molar-refractivity contribution in [1.82, 2.24) is 23.9 Å². The number of morpholine rings is 1. The van der Waals surface area contributed by atoms with E-state index in [1.165, 1.54) is 28.0 Å². The number of ether oxygens (including phenoxy) is 2. The molecule has 358 valence electrons. The van der Waals surface area contributed by atoms with Crippen molar-refractivity contribution in [3.8, 4) is 0 Å². The van der Waals surface area contributed by atoms with Crippen LogP contribution in [0.1, 0.15) is 60.1 Å². The number of anilines is 3. The van der Waals surface area contributed by atoms with Crippen LogP contribution in [0, 0.1) is 18.6 Å². The fraction of sp³-hybridized carbons (Fsp3) is 0.524. The molecule has 0 atom stereocenters. The van der Waals surface area contributed by atoms with Crippen molar-refractivity contribution in [2.75, 3.05) is 94.9 Å². The molecular weight excluding hydrogens is 897 g/mol. The molecular formula is C42H57F2N7O12S2. The number of pyridine rings is 1. The summed E-state index contributed by atoms with van der Waals surface area (Å²) in [6.45, 7) is 10.2. The van der Waals surface area contributed by atoms with Gasteiger partial charge in [-0.05, 0) is 74.9 Å². The number of esters is 1. The maximum absolute atomic E-state index is 16.4. The number of aromatic nitrogens is 3. The summed E-state index contributed by atoms with van der Waals surface area (Å²) in [5.74, 6) is -2.12. The minimum atomic E-state index is -3.67. The van der Waals surface area contributed by atoms with Crippen LogP contribution in [0.3, 0.4) is 0 Å². The molecule has 1 aliphatic carbocycles. The highest BCUT2D eigenvalue weighted by atomic mass is 32.2. The summed E-state index contributed by atoms with van der Waals surface area (Å²) in [5.41, 5.74) is 1.15. The monoisotopic (exact) mass is 953 g/mol. The number of carbonyl (C=O) groups is 1. The summed E-state index contributed by atoms with van der Waals surface area (Å²) in [6.07, 6.45) is 6.52. The average Bonchev–Trinajstić information content (AvgIpc) is 4.07. The summed E-state index contributed by atoms with van der Waals surface area (Å²) in [7, 11) is -7.33. The van der Waals surface area contributed by atoms with Gasteiger partial charge in [0.15, 0.2) is 5.82 Å². The fourth-order valence-corrected chi connectivity index (χ4v) is 7.56. The lowest BCUT2D eigenvalue weighted by Crippen LogP contribution is -2.47. The molecule has 19 nitrogen and oxygen atoms in total. The van der Waals surface area contributed by atoms with E-state index in [4.69, 9.17) is 18.6 Å². The number of carbonyl (C=O) groups excluding carboxylic acids is 1. The van der Waals surface area contributed by atoms with E-state index in [1.807, 2.05) is 25.1 Å². The van der Waals surface area contributed by atoms with Crippen LogP contribution in [0.15, 0.2) is 50.9 Å². The lowest BCUT2D eigenvalue weighted by atomic mass is 10.1. The number of piperazine rings is 1. The molecule has 0 radical (unpaired) electrons. The second-order valence-corrected chi connectivity index (χ2v) is 19.0. The molecule has 3 aliphatic rings. The highest BCUT2D eigenvalue weighted by molar-refractivity contribution is 7.85. The smallest absolute Gasteiger partial charge is 0.343 e. The molecule has 2 aliphatic heterocycles. The normalized spacial score (nSPS) is 16.0. The number of hydrogen-bond donors (Lipinski definition) is 4. The number of rotatable bonds is 14. The van der Waals surface area contributed by atoms with Crippen LogP contribution in [-0.4, -0.2) is 141 Å². The van der Waals surface area contributed by atoms with Gasteiger partial charge in [-0.2, -0.15) is 16.8 Å². The summed E-state index contributed by atoms with van der Waals surface area (Å²) < 4.78 is 97.5. The Balaban J connectivity index is 0.000000717. The van der Waals surface area contributed by atoms with Gasteiger partial charge in [-0.15, -0.1) is 0 Å². The van der Waals surface area contributed by atoms with Crippen molar-refractivity contribution in [3.63, 3.8) is 0 Å². The molecule has 2 aromatic carbocycles. The van der Waals surface area contributed by atoms with E-state index >= 15 is 8.78 Å². The topological polar surface area (TPSA) is 243 Å². The number of halogens is 2. The van der Waals surface area contributed by atoms with E-state index in [1.54, 1.807) is 9.47 Å². The largest absolute Gasteiger partial charge is 0.461 e. The Morgan fingerprint density at radius 3 is 2.11 bits per heavy atom. The third kappa shape index (κ3) is 15.3. The molecule has 1 saturated carbocycles. The minimum absolute atomic E-state index is 0.00557. The Labute approximate surface area is 375 Å². The van der Waals surface area contributed by atoms with Crippen molar-refractivity contribution < 1.29 is 49.0 Å².